The molecule has 0 unspecified atom stereocenters. The fourth-order valence-corrected chi connectivity index (χ4v) is 2.71. The summed E-state index contributed by atoms with van der Waals surface area (Å²) < 4.78 is 5.77. The van der Waals surface area contributed by atoms with Gasteiger partial charge in [-0.15, -0.1) is 10.2 Å². The second kappa shape index (κ2) is 6.84. The molecule has 1 aromatic carbocycles. The van der Waals surface area contributed by atoms with Gasteiger partial charge in [0.15, 0.2) is 5.11 Å². The van der Waals surface area contributed by atoms with Crippen molar-refractivity contribution in [1.82, 2.24) is 20.4 Å². The van der Waals surface area contributed by atoms with Crippen molar-refractivity contribution in [2.75, 3.05) is 0 Å². The van der Waals surface area contributed by atoms with Crippen molar-refractivity contribution < 1.29 is 4.42 Å². The molecule has 3 rings (SSSR count). The second-order valence-electron chi connectivity index (χ2n) is 5.95. The maximum absolute atomic E-state index is 5.89. The number of benzene rings is 1. The smallest absolute Gasteiger partial charge is 0.247 e. The lowest BCUT2D eigenvalue weighted by Crippen LogP contribution is -2.44. The molecule has 1 N–H and O–H groups in total. The Morgan fingerprint density at radius 2 is 2.04 bits per heavy atom. The largest absolute Gasteiger partial charge is 0.419 e. The van der Waals surface area contributed by atoms with Gasteiger partial charge in [-0.2, -0.15) is 0 Å². The molecule has 2 aromatic rings. The van der Waals surface area contributed by atoms with Crippen LogP contribution in [0.15, 0.2) is 28.7 Å². The Balaban J connectivity index is 1.70. The lowest BCUT2D eigenvalue weighted by Gasteiger charge is -2.28. The molecule has 7 heteroatoms. The topological polar surface area (TPSA) is 54.2 Å². The SMILES string of the molecule is CC(C)N(Cc1nnc(-c2ccc(Cl)cc2)o1)C(=S)NC1CC1. The molecular weight excluding hydrogens is 332 g/mol. The summed E-state index contributed by atoms with van der Waals surface area (Å²) in [6.07, 6.45) is 2.38. The maximum atomic E-state index is 5.89. The molecule has 122 valence electrons. The van der Waals surface area contributed by atoms with Crippen molar-refractivity contribution in [2.45, 2.75) is 45.3 Å². The molecule has 0 amide bonds. The van der Waals surface area contributed by atoms with E-state index in [1.807, 2.05) is 12.1 Å². The minimum absolute atomic E-state index is 0.250. The van der Waals surface area contributed by atoms with Gasteiger partial charge in [-0.3, -0.25) is 0 Å². The Morgan fingerprint density at radius 1 is 1.35 bits per heavy atom. The number of nitrogens with one attached hydrogen (secondary N) is 1. The van der Waals surface area contributed by atoms with E-state index in [9.17, 15) is 0 Å². The molecular formula is C16H19ClN4OS. The number of hydrogen-bond acceptors (Lipinski definition) is 4. The van der Waals surface area contributed by atoms with Gasteiger partial charge in [0.2, 0.25) is 11.8 Å². The molecule has 0 atom stereocenters. The first kappa shape index (κ1) is 16.2. The number of halogens is 1. The molecule has 1 aliphatic rings. The number of aromatic nitrogens is 2. The third-order valence-electron chi connectivity index (χ3n) is 3.65. The number of rotatable bonds is 5. The van der Waals surface area contributed by atoms with Crippen LogP contribution in [0.3, 0.4) is 0 Å². The molecule has 1 aromatic heterocycles. The van der Waals surface area contributed by atoms with Crippen LogP contribution in [0.4, 0.5) is 0 Å². The van der Waals surface area contributed by atoms with Crippen molar-refractivity contribution in [1.29, 1.82) is 0 Å². The van der Waals surface area contributed by atoms with Crippen molar-refractivity contribution in [3.05, 3.63) is 35.2 Å². The normalized spacial score (nSPS) is 14.1. The number of hydrogen-bond donors (Lipinski definition) is 1. The highest BCUT2D eigenvalue weighted by Gasteiger charge is 2.25. The van der Waals surface area contributed by atoms with Gasteiger partial charge in [0.25, 0.3) is 0 Å². The first-order valence-electron chi connectivity index (χ1n) is 7.68. The van der Waals surface area contributed by atoms with Gasteiger partial charge in [0.05, 0.1) is 6.54 Å². The molecule has 0 saturated heterocycles. The van der Waals surface area contributed by atoms with Gasteiger partial charge in [-0.25, -0.2) is 0 Å². The van der Waals surface area contributed by atoms with Crippen LogP contribution in [0.5, 0.6) is 0 Å². The molecule has 0 aliphatic heterocycles. The monoisotopic (exact) mass is 350 g/mol. The Morgan fingerprint density at radius 3 is 2.65 bits per heavy atom. The predicted octanol–water partition coefficient (Wildman–Crippen LogP) is 3.64. The van der Waals surface area contributed by atoms with Gasteiger partial charge in [0.1, 0.15) is 0 Å². The molecule has 23 heavy (non-hydrogen) atoms. The van der Waals surface area contributed by atoms with E-state index in [4.69, 9.17) is 28.2 Å². The summed E-state index contributed by atoms with van der Waals surface area (Å²) in [6.45, 7) is 4.69. The fraction of sp³-hybridized carbons (Fsp3) is 0.438. The highest BCUT2D eigenvalue weighted by Crippen LogP contribution is 2.22. The Kier molecular flexibility index (Phi) is 4.82. The average molecular weight is 351 g/mol. The summed E-state index contributed by atoms with van der Waals surface area (Å²) in [7, 11) is 0. The van der Waals surface area contributed by atoms with E-state index in [-0.39, 0.29) is 6.04 Å². The van der Waals surface area contributed by atoms with Gasteiger partial charge in [-0.1, -0.05) is 11.6 Å². The zero-order valence-electron chi connectivity index (χ0n) is 13.1. The molecule has 5 nitrogen and oxygen atoms in total. The molecule has 1 fully saturated rings. The van der Waals surface area contributed by atoms with Crippen LogP contribution in [-0.4, -0.2) is 32.3 Å². The number of nitrogens with zero attached hydrogens (tertiary/aromatic N) is 3. The third-order valence-corrected chi connectivity index (χ3v) is 4.26. The van der Waals surface area contributed by atoms with Crippen LogP contribution in [0.1, 0.15) is 32.6 Å². The van der Waals surface area contributed by atoms with E-state index in [0.717, 1.165) is 10.7 Å². The van der Waals surface area contributed by atoms with Crippen LogP contribution in [0, 0.1) is 0 Å². The zero-order chi connectivity index (χ0) is 16.4. The number of thiocarbonyl (C=S) groups is 1. The minimum Gasteiger partial charge on any atom is -0.419 e. The molecule has 1 aliphatic carbocycles. The Labute approximate surface area is 146 Å². The Hall–Kier alpha value is -1.66. The summed E-state index contributed by atoms with van der Waals surface area (Å²) in [5.74, 6) is 1.03. The first-order valence-corrected chi connectivity index (χ1v) is 8.47. The minimum atomic E-state index is 0.250. The van der Waals surface area contributed by atoms with Crippen molar-refractivity contribution >= 4 is 28.9 Å². The van der Waals surface area contributed by atoms with Crippen LogP contribution in [-0.2, 0) is 6.54 Å². The summed E-state index contributed by atoms with van der Waals surface area (Å²) in [5.41, 5.74) is 0.850. The van der Waals surface area contributed by atoms with Crippen LogP contribution in [0.2, 0.25) is 5.02 Å². The second-order valence-corrected chi connectivity index (χ2v) is 6.78. The summed E-state index contributed by atoms with van der Waals surface area (Å²) >= 11 is 11.4. The molecule has 1 saturated carbocycles. The Bertz CT molecular complexity index is 682. The standard InChI is InChI=1S/C16H19ClN4OS/c1-10(2)21(16(23)18-13-7-8-13)9-14-19-20-15(22-14)11-3-5-12(17)6-4-11/h3-6,10,13H,7-9H2,1-2H3,(H,18,23). The maximum Gasteiger partial charge on any atom is 0.247 e. The van der Waals surface area contributed by atoms with E-state index in [0.29, 0.717) is 29.4 Å². The van der Waals surface area contributed by atoms with Crippen LogP contribution in [0.25, 0.3) is 11.5 Å². The summed E-state index contributed by atoms with van der Waals surface area (Å²) in [4.78, 5) is 2.06. The summed E-state index contributed by atoms with van der Waals surface area (Å²) in [6, 6.07) is 8.10. The zero-order valence-corrected chi connectivity index (χ0v) is 14.7. The van der Waals surface area contributed by atoms with E-state index in [1.54, 1.807) is 12.1 Å². The van der Waals surface area contributed by atoms with Gasteiger partial charge in [-0.05, 0) is 63.2 Å². The van der Waals surface area contributed by atoms with Crippen LogP contribution >= 0.6 is 23.8 Å². The van der Waals surface area contributed by atoms with Gasteiger partial charge < -0.3 is 14.6 Å². The summed E-state index contributed by atoms with van der Waals surface area (Å²) in [5, 5.41) is 13.0. The molecule has 0 bridgehead atoms. The van der Waals surface area contributed by atoms with Gasteiger partial charge >= 0.3 is 0 Å². The van der Waals surface area contributed by atoms with Crippen molar-refractivity contribution in [3.63, 3.8) is 0 Å². The first-order chi connectivity index (χ1) is 11.0. The van der Waals surface area contributed by atoms with Crippen molar-refractivity contribution in [3.8, 4) is 11.5 Å². The van der Waals surface area contributed by atoms with E-state index < -0.39 is 0 Å². The lowest BCUT2D eigenvalue weighted by atomic mass is 10.2. The average Bonchev–Trinajstić information content (AvgIpc) is 3.20. The molecule has 0 spiro atoms. The van der Waals surface area contributed by atoms with Gasteiger partial charge in [0, 0.05) is 22.7 Å². The highest BCUT2D eigenvalue weighted by atomic mass is 35.5. The van der Waals surface area contributed by atoms with E-state index in [1.165, 1.54) is 12.8 Å². The quantitative estimate of drug-likeness (QED) is 0.831. The highest BCUT2D eigenvalue weighted by molar-refractivity contribution is 7.80. The lowest BCUT2D eigenvalue weighted by molar-refractivity contribution is 0.301. The van der Waals surface area contributed by atoms with E-state index in [2.05, 4.69) is 34.3 Å². The van der Waals surface area contributed by atoms with Crippen LogP contribution < -0.4 is 5.32 Å². The predicted molar refractivity (Wildman–Crippen MR) is 94.2 cm³/mol. The van der Waals surface area contributed by atoms with E-state index >= 15 is 0 Å². The van der Waals surface area contributed by atoms with Crippen molar-refractivity contribution in [2.24, 2.45) is 0 Å². The molecule has 0 radical (unpaired) electrons. The third kappa shape index (κ3) is 4.20. The molecule has 1 heterocycles. The fourth-order valence-electron chi connectivity index (χ4n) is 2.15.